The van der Waals surface area contributed by atoms with Crippen molar-refractivity contribution < 1.29 is 0 Å². The van der Waals surface area contributed by atoms with Gasteiger partial charge in [0.1, 0.15) is 0 Å². The van der Waals surface area contributed by atoms with Gasteiger partial charge in [-0.2, -0.15) is 0 Å². The predicted molar refractivity (Wildman–Crippen MR) is 87.1 cm³/mol. The van der Waals surface area contributed by atoms with Crippen molar-refractivity contribution in [2.24, 2.45) is 0 Å². The Kier molecular flexibility index (Phi) is 5.37. The fraction of sp³-hybridized carbons (Fsp3) is 0.368. The van der Waals surface area contributed by atoms with Crippen LogP contribution in [0.25, 0.3) is 0 Å². The zero-order valence-electron chi connectivity index (χ0n) is 12.8. The normalized spacial score (nSPS) is 12.3. The Morgan fingerprint density at radius 1 is 1.00 bits per heavy atom. The van der Waals surface area contributed by atoms with Gasteiger partial charge in [0.15, 0.2) is 0 Å². The highest BCUT2D eigenvalue weighted by Crippen LogP contribution is 2.22. The molecule has 106 valence electrons. The zero-order valence-corrected chi connectivity index (χ0v) is 12.8. The minimum Gasteiger partial charge on any atom is -0.310 e. The number of rotatable bonds is 6. The third-order valence-corrected chi connectivity index (χ3v) is 3.72. The number of aryl methyl sites for hydroxylation is 2. The van der Waals surface area contributed by atoms with E-state index in [0.29, 0.717) is 6.04 Å². The number of nitrogens with one attached hydrogen (secondary N) is 1. The van der Waals surface area contributed by atoms with Gasteiger partial charge in [0.25, 0.3) is 0 Å². The number of benzene rings is 2. The molecule has 0 amide bonds. The lowest BCUT2D eigenvalue weighted by molar-refractivity contribution is 0.527. The fourth-order valence-corrected chi connectivity index (χ4v) is 2.68. The average molecular weight is 267 g/mol. The minimum absolute atomic E-state index is 0.401. The van der Waals surface area contributed by atoms with Gasteiger partial charge in [-0.15, -0.1) is 0 Å². The van der Waals surface area contributed by atoms with Gasteiger partial charge >= 0.3 is 0 Å². The van der Waals surface area contributed by atoms with Crippen LogP contribution in [0.15, 0.2) is 48.5 Å². The van der Waals surface area contributed by atoms with E-state index in [4.69, 9.17) is 0 Å². The van der Waals surface area contributed by atoms with E-state index in [1.54, 1.807) is 0 Å². The Balaban J connectivity index is 2.22. The van der Waals surface area contributed by atoms with Crippen molar-refractivity contribution in [3.8, 4) is 0 Å². The third-order valence-electron chi connectivity index (χ3n) is 3.72. The molecule has 1 heteroatoms. The second kappa shape index (κ2) is 7.25. The molecule has 0 saturated carbocycles. The van der Waals surface area contributed by atoms with E-state index in [2.05, 4.69) is 74.6 Å². The van der Waals surface area contributed by atoms with Crippen molar-refractivity contribution in [1.29, 1.82) is 0 Å². The molecule has 1 atom stereocenters. The first-order chi connectivity index (χ1) is 9.70. The van der Waals surface area contributed by atoms with E-state index in [9.17, 15) is 0 Å². The highest BCUT2D eigenvalue weighted by Gasteiger charge is 2.13. The summed E-state index contributed by atoms with van der Waals surface area (Å²) in [4.78, 5) is 0. The molecule has 0 aliphatic heterocycles. The number of hydrogen-bond donors (Lipinski definition) is 1. The molecule has 2 aromatic carbocycles. The van der Waals surface area contributed by atoms with Crippen molar-refractivity contribution in [1.82, 2.24) is 5.32 Å². The molecule has 0 spiro atoms. The van der Waals surface area contributed by atoms with Crippen LogP contribution in [0.3, 0.4) is 0 Å². The quantitative estimate of drug-likeness (QED) is 0.807. The summed E-state index contributed by atoms with van der Waals surface area (Å²) in [6.45, 7) is 7.65. The molecule has 0 aliphatic rings. The van der Waals surface area contributed by atoms with E-state index in [1.807, 2.05) is 0 Å². The van der Waals surface area contributed by atoms with Gasteiger partial charge in [-0.1, -0.05) is 61.0 Å². The lowest BCUT2D eigenvalue weighted by Gasteiger charge is -2.21. The van der Waals surface area contributed by atoms with Gasteiger partial charge in [0.05, 0.1) is 0 Å². The summed E-state index contributed by atoms with van der Waals surface area (Å²) < 4.78 is 0. The van der Waals surface area contributed by atoms with E-state index in [0.717, 1.165) is 19.4 Å². The van der Waals surface area contributed by atoms with Crippen LogP contribution in [0.2, 0.25) is 0 Å². The summed E-state index contributed by atoms with van der Waals surface area (Å²) in [5.74, 6) is 0. The molecule has 20 heavy (non-hydrogen) atoms. The standard InChI is InChI=1S/C19H25N/c1-4-12-20-19(14-17-8-6-5-7-9-17)18-11-10-15(2)13-16(18)3/h5-11,13,19-20H,4,12,14H2,1-3H3. The summed E-state index contributed by atoms with van der Waals surface area (Å²) >= 11 is 0. The van der Waals surface area contributed by atoms with Crippen molar-refractivity contribution >= 4 is 0 Å². The molecule has 0 bridgehead atoms. The summed E-state index contributed by atoms with van der Waals surface area (Å²) in [5, 5.41) is 3.69. The molecule has 1 N–H and O–H groups in total. The smallest absolute Gasteiger partial charge is 0.0363 e. The molecule has 2 aromatic rings. The zero-order chi connectivity index (χ0) is 14.4. The molecular formula is C19H25N. The molecular weight excluding hydrogens is 242 g/mol. The van der Waals surface area contributed by atoms with Gasteiger partial charge in [0.2, 0.25) is 0 Å². The first kappa shape index (κ1) is 14.8. The van der Waals surface area contributed by atoms with Crippen molar-refractivity contribution in [3.05, 3.63) is 70.8 Å². The van der Waals surface area contributed by atoms with Gasteiger partial charge < -0.3 is 5.32 Å². The molecule has 0 aliphatic carbocycles. The van der Waals surface area contributed by atoms with Crippen LogP contribution in [0.1, 0.15) is 41.6 Å². The van der Waals surface area contributed by atoms with Crippen molar-refractivity contribution in [2.75, 3.05) is 6.54 Å². The van der Waals surface area contributed by atoms with Crippen LogP contribution in [0, 0.1) is 13.8 Å². The molecule has 1 unspecified atom stereocenters. The lowest BCUT2D eigenvalue weighted by Crippen LogP contribution is -2.24. The third kappa shape index (κ3) is 3.94. The van der Waals surface area contributed by atoms with Crippen LogP contribution in [-0.2, 0) is 6.42 Å². The molecule has 2 rings (SSSR count). The summed E-state index contributed by atoms with van der Waals surface area (Å²) in [5.41, 5.74) is 5.53. The van der Waals surface area contributed by atoms with E-state index in [1.165, 1.54) is 22.3 Å². The van der Waals surface area contributed by atoms with Gasteiger partial charge in [-0.3, -0.25) is 0 Å². The highest BCUT2D eigenvalue weighted by molar-refractivity contribution is 5.34. The predicted octanol–water partition coefficient (Wildman–Crippen LogP) is 4.59. The summed E-state index contributed by atoms with van der Waals surface area (Å²) in [7, 11) is 0. The van der Waals surface area contributed by atoms with Crippen LogP contribution in [-0.4, -0.2) is 6.54 Å². The number of hydrogen-bond acceptors (Lipinski definition) is 1. The monoisotopic (exact) mass is 267 g/mol. The molecule has 1 nitrogen and oxygen atoms in total. The van der Waals surface area contributed by atoms with E-state index < -0.39 is 0 Å². The maximum Gasteiger partial charge on any atom is 0.0363 e. The Morgan fingerprint density at radius 3 is 2.40 bits per heavy atom. The SMILES string of the molecule is CCCNC(Cc1ccccc1)c1ccc(C)cc1C. The maximum absolute atomic E-state index is 3.69. The van der Waals surface area contributed by atoms with Gasteiger partial charge in [-0.25, -0.2) is 0 Å². The topological polar surface area (TPSA) is 12.0 Å². The minimum atomic E-state index is 0.401. The van der Waals surface area contributed by atoms with E-state index in [-0.39, 0.29) is 0 Å². The first-order valence-corrected chi connectivity index (χ1v) is 7.55. The Labute approximate surface area is 123 Å². The summed E-state index contributed by atoms with van der Waals surface area (Å²) in [6, 6.07) is 17.9. The van der Waals surface area contributed by atoms with Gasteiger partial charge in [0, 0.05) is 6.04 Å². The largest absolute Gasteiger partial charge is 0.310 e. The molecule has 0 saturated heterocycles. The van der Waals surface area contributed by atoms with Crippen LogP contribution in [0.5, 0.6) is 0 Å². The Hall–Kier alpha value is -1.60. The summed E-state index contributed by atoms with van der Waals surface area (Å²) in [6.07, 6.45) is 2.21. The van der Waals surface area contributed by atoms with Crippen LogP contribution < -0.4 is 5.32 Å². The molecule has 0 aromatic heterocycles. The van der Waals surface area contributed by atoms with Crippen LogP contribution >= 0.6 is 0 Å². The maximum atomic E-state index is 3.69. The van der Waals surface area contributed by atoms with Gasteiger partial charge in [-0.05, 0) is 49.9 Å². The first-order valence-electron chi connectivity index (χ1n) is 7.55. The second-order valence-electron chi connectivity index (χ2n) is 5.56. The lowest BCUT2D eigenvalue weighted by atomic mass is 9.94. The fourth-order valence-electron chi connectivity index (χ4n) is 2.68. The highest BCUT2D eigenvalue weighted by atomic mass is 14.9. The molecule has 0 heterocycles. The second-order valence-corrected chi connectivity index (χ2v) is 5.56. The van der Waals surface area contributed by atoms with Crippen molar-refractivity contribution in [2.45, 2.75) is 39.7 Å². The molecule has 0 radical (unpaired) electrons. The van der Waals surface area contributed by atoms with Crippen LogP contribution in [0.4, 0.5) is 0 Å². The average Bonchev–Trinajstić information content (AvgIpc) is 2.45. The van der Waals surface area contributed by atoms with Crippen molar-refractivity contribution in [3.63, 3.8) is 0 Å². The van der Waals surface area contributed by atoms with E-state index >= 15 is 0 Å². The molecule has 0 fully saturated rings. The Morgan fingerprint density at radius 2 is 1.75 bits per heavy atom. The Bertz CT molecular complexity index is 531.